The molecule has 2 fully saturated rings. The molecule has 0 aromatic rings. The lowest BCUT2D eigenvalue weighted by molar-refractivity contribution is 0.158. The molecular weight excluding hydrogens is 300 g/mol. The molecule has 24 heavy (non-hydrogen) atoms. The number of nitrogens with one attached hydrogen (secondary N) is 1. The molecule has 1 saturated heterocycles. The van der Waals surface area contributed by atoms with Crippen LogP contribution in [-0.4, -0.2) is 78.6 Å². The van der Waals surface area contributed by atoms with Gasteiger partial charge in [-0.05, 0) is 44.7 Å². The average molecular weight is 339 g/mol. The first-order chi connectivity index (χ1) is 11.5. The number of likely N-dealkylation sites (tertiary alicyclic amines) is 1. The average Bonchev–Trinajstić information content (AvgIpc) is 3.40. The molecule has 2 rings (SSSR count). The maximum absolute atomic E-state index is 12.7. The number of hydrogen-bond donors (Lipinski definition) is 1. The van der Waals surface area contributed by atoms with E-state index >= 15 is 0 Å². The molecule has 0 radical (unpaired) electrons. The van der Waals surface area contributed by atoms with E-state index in [9.17, 15) is 4.79 Å². The summed E-state index contributed by atoms with van der Waals surface area (Å²) in [5.41, 5.74) is 0. The van der Waals surface area contributed by atoms with Gasteiger partial charge in [-0.2, -0.15) is 0 Å². The number of hydrogen-bond acceptors (Lipinski definition) is 3. The van der Waals surface area contributed by atoms with Gasteiger partial charge in [-0.15, -0.1) is 0 Å². The monoisotopic (exact) mass is 338 g/mol. The highest BCUT2D eigenvalue weighted by atomic mass is 16.2. The summed E-state index contributed by atoms with van der Waals surface area (Å²) in [7, 11) is 0. The molecule has 1 aliphatic heterocycles. The van der Waals surface area contributed by atoms with Crippen LogP contribution in [0.25, 0.3) is 0 Å². The van der Waals surface area contributed by atoms with Gasteiger partial charge < -0.3 is 20.0 Å². The van der Waals surface area contributed by atoms with Crippen molar-refractivity contribution in [1.82, 2.24) is 20.0 Å². The first kappa shape index (κ1) is 19.5. The highest BCUT2D eigenvalue weighted by molar-refractivity contribution is 5.74. The molecule has 0 aromatic heterocycles. The van der Waals surface area contributed by atoms with Crippen molar-refractivity contribution >= 4 is 6.03 Å². The summed E-state index contributed by atoms with van der Waals surface area (Å²) in [5, 5.41) is 3.31. The summed E-state index contributed by atoms with van der Waals surface area (Å²) >= 11 is 0. The second kappa shape index (κ2) is 9.62. The molecule has 2 amide bonds. The predicted molar refractivity (Wildman–Crippen MR) is 100 cm³/mol. The van der Waals surface area contributed by atoms with Gasteiger partial charge in [0, 0.05) is 44.8 Å². The number of carbonyl (C=O) groups is 1. The van der Waals surface area contributed by atoms with Crippen molar-refractivity contribution in [2.75, 3.05) is 45.8 Å². The van der Waals surface area contributed by atoms with Gasteiger partial charge >= 0.3 is 6.03 Å². The van der Waals surface area contributed by atoms with Crippen LogP contribution in [-0.2, 0) is 0 Å². The normalized spacial score (nSPS) is 19.9. The molecule has 0 aromatic carbocycles. The molecule has 5 nitrogen and oxygen atoms in total. The molecule has 2 aliphatic rings. The summed E-state index contributed by atoms with van der Waals surface area (Å²) in [6.45, 7) is 15.8. The van der Waals surface area contributed by atoms with E-state index in [0.29, 0.717) is 12.0 Å². The number of likely N-dealkylation sites (N-methyl/N-ethyl adjacent to an activating group) is 1. The van der Waals surface area contributed by atoms with Gasteiger partial charge in [-0.3, -0.25) is 0 Å². The van der Waals surface area contributed by atoms with Crippen molar-refractivity contribution in [3.63, 3.8) is 0 Å². The van der Waals surface area contributed by atoms with E-state index in [1.165, 1.54) is 12.8 Å². The van der Waals surface area contributed by atoms with Gasteiger partial charge in [-0.25, -0.2) is 4.79 Å². The van der Waals surface area contributed by atoms with Crippen LogP contribution in [0.1, 0.15) is 53.4 Å². The Hall–Kier alpha value is -0.810. The standard InChI is InChI=1S/C19H38N4O/c1-5-21(6-2)13-14-23(15-16(3)4)19(24)20-17-9-11-22(12-10-17)18-7-8-18/h16-18H,5-15H2,1-4H3,(H,20,24). The van der Waals surface area contributed by atoms with Crippen molar-refractivity contribution < 1.29 is 4.79 Å². The first-order valence-corrected chi connectivity index (χ1v) is 10.0. The summed E-state index contributed by atoms with van der Waals surface area (Å²) < 4.78 is 0. The fourth-order valence-corrected chi connectivity index (χ4v) is 3.63. The van der Waals surface area contributed by atoms with E-state index in [4.69, 9.17) is 0 Å². The summed E-state index contributed by atoms with van der Waals surface area (Å²) in [5.74, 6) is 0.504. The molecule has 5 heteroatoms. The lowest BCUT2D eigenvalue weighted by Gasteiger charge is -2.34. The molecule has 0 spiro atoms. The highest BCUT2D eigenvalue weighted by Gasteiger charge is 2.32. The van der Waals surface area contributed by atoms with Crippen LogP contribution in [0.4, 0.5) is 4.79 Å². The molecule has 140 valence electrons. The summed E-state index contributed by atoms with van der Waals surface area (Å²) in [4.78, 5) is 19.8. The Kier molecular flexibility index (Phi) is 7.82. The third kappa shape index (κ3) is 6.25. The van der Waals surface area contributed by atoms with Crippen LogP contribution in [0, 0.1) is 5.92 Å². The Bertz CT molecular complexity index is 372. The molecule has 0 bridgehead atoms. The number of piperidine rings is 1. The minimum absolute atomic E-state index is 0.140. The maximum Gasteiger partial charge on any atom is 0.317 e. The quantitative estimate of drug-likeness (QED) is 0.702. The van der Waals surface area contributed by atoms with Gasteiger partial charge in [-0.1, -0.05) is 27.7 Å². The Morgan fingerprint density at radius 1 is 1.08 bits per heavy atom. The number of amides is 2. The number of nitrogens with zero attached hydrogens (tertiary/aromatic N) is 3. The Balaban J connectivity index is 1.78. The largest absolute Gasteiger partial charge is 0.335 e. The van der Waals surface area contributed by atoms with Gasteiger partial charge in [0.2, 0.25) is 0 Å². The third-order valence-corrected chi connectivity index (χ3v) is 5.37. The zero-order chi connectivity index (χ0) is 17.5. The van der Waals surface area contributed by atoms with E-state index in [2.05, 4.69) is 42.8 Å². The van der Waals surface area contributed by atoms with E-state index in [1.807, 2.05) is 4.90 Å². The lowest BCUT2D eigenvalue weighted by atomic mass is 10.1. The molecule has 1 N–H and O–H groups in total. The summed E-state index contributed by atoms with van der Waals surface area (Å²) in [6.07, 6.45) is 4.97. The van der Waals surface area contributed by atoms with Gasteiger partial charge in [0.25, 0.3) is 0 Å². The van der Waals surface area contributed by atoms with Crippen LogP contribution in [0.15, 0.2) is 0 Å². The molecule has 1 heterocycles. The van der Waals surface area contributed by atoms with Crippen LogP contribution >= 0.6 is 0 Å². The molecule has 0 atom stereocenters. The van der Waals surface area contributed by atoms with E-state index < -0.39 is 0 Å². The highest BCUT2D eigenvalue weighted by Crippen LogP contribution is 2.29. The maximum atomic E-state index is 12.7. The van der Waals surface area contributed by atoms with E-state index in [-0.39, 0.29) is 6.03 Å². The van der Waals surface area contributed by atoms with Gasteiger partial charge in [0.1, 0.15) is 0 Å². The first-order valence-electron chi connectivity index (χ1n) is 10.0. The zero-order valence-electron chi connectivity index (χ0n) is 16.3. The molecule has 1 aliphatic carbocycles. The van der Waals surface area contributed by atoms with Crippen molar-refractivity contribution in [1.29, 1.82) is 0 Å². The Labute approximate surface area is 148 Å². The molecule has 0 unspecified atom stereocenters. The van der Waals surface area contributed by atoms with E-state index in [0.717, 1.165) is 64.7 Å². The number of rotatable bonds is 9. The second-order valence-corrected chi connectivity index (χ2v) is 7.86. The molecule has 1 saturated carbocycles. The van der Waals surface area contributed by atoms with Crippen LogP contribution < -0.4 is 5.32 Å². The van der Waals surface area contributed by atoms with Crippen molar-refractivity contribution in [2.45, 2.75) is 65.5 Å². The topological polar surface area (TPSA) is 38.8 Å². The minimum Gasteiger partial charge on any atom is -0.335 e. The lowest BCUT2D eigenvalue weighted by Crippen LogP contribution is -2.51. The van der Waals surface area contributed by atoms with Crippen LogP contribution in [0.5, 0.6) is 0 Å². The fourth-order valence-electron chi connectivity index (χ4n) is 3.63. The van der Waals surface area contributed by atoms with Crippen molar-refractivity contribution in [2.24, 2.45) is 5.92 Å². The fraction of sp³-hybridized carbons (Fsp3) is 0.947. The number of carbonyl (C=O) groups excluding carboxylic acids is 1. The van der Waals surface area contributed by atoms with Gasteiger partial charge in [0.15, 0.2) is 0 Å². The van der Waals surface area contributed by atoms with E-state index in [1.54, 1.807) is 0 Å². The number of urea groups is 1. The van der Waals surface area contributed by atoms with Crippen molar-refractivity contribution in [3.8, 4) is 0 Å². The SMILES string of the molecule is CCN(CC)CCN(CC(C)C)C(=O)NC1CCN(C2CC2)CC1. The molecular formula is C19H38N4O. The predicted octanol–water partition coefficient (Wildman–Crippen LogP) is 2.62. The van der Waals surface area contributed by atoms with Crippen LogP contribution in [0.3, 0.4) is 0 Å². The third-order valence-electron chi connectivity index (χ3n) is 5.37. The minimum atomic E-state index is 0.140. The smallest absolute Gasteiger partial charge is 0.317 e. The summed E-state index contributed by atoms with van der Waals surface area (Å²) in [6, 6.07) is 1.35. The van der Waals surface area contributed by atoms with Gasteiger partial charge in [0.05, 0.1) is 0 Å². The van der Waals surface area contributed by atoms with Crippen molar-refractivity contribution in [3.05, 3.63) is 0 Å². The second-order valence-electron chi connectivity index (χ2n) is 7.86. The Morgan fingerprint density at radius 2 is 1.71 bits per heavy atom. The van der Waals surface area contributed by atoms with Crippen LogP contribution in [0.2, 0.25) is 0 Å². The zero-order valence-corrected chi connectivity index (χ0v) is 16.3. The Morgan fingerprint density at radius 3 is 2.21 bits per heavy atom.